The molecule has 116 valence electrons. The predicted octanol–water partition coefficient (Wildman–Crippen LogP) is 0.493. The maximum atomic E-state index is 12.2. The zero-order valence-corrected chi connectivity index (χ0v) is 12.5. The van der Waals surface area contributed by atoms with Gasteiger partial charge in [0.2, 0.25) is 5.91 Å². The maximum absolute atomic E-state index is 12.2. The lowest BCUT2D eigenvalue weighted by Crippen LogP contribution is -2.41. The molecule has 0 atom stereocenters. The predicted molar refractivity (Wildman–Crippen MR) is 80.5 cm³/mol. The lowest BCUT2D eigenvalue weighted by atomic mass is 10.1. The molecule has 0 bridgehead atoms. The summed E-state index contributed by atoms with van der Waals surface area (Å²) in [6.07, 6.45) is 2.12. The number of likely N-dealkylation sites (N-methyl/N-ethyl adjacent to an activating group) is 1. The number of rotatable bonds is 6. The Morgan fingerprint density at radius 1 is 1.23 bits per heavy atom. The summed E-state index contributed by atoms with van der Waals surface area (Å²) in [5.41, 5.74) is 0.920. The van der Waals surface area contributed by atoms with Crippen LogP contribution in [0.5, 0.6) is 0 Å². The quantitative estimate of drug-likeness (QED) is 0.777. The van der Waals surface area contributed by atoms with E-state index >= 15 is 0 Å². The number of carbonyl (C=O) groups is 3. The number of hydrogen-bond donors (Lipinski definition) is 1. The summed E-state index contributed by atoms with van der Waals surface area (Å²) < 4.78 is 0. The smallest absolute Gasteiger partial charge is 0.261 e. The molecule has 0 unspecified atom stereocenters. The molecule has 22 heavy (non-hydrogen) atoms. The number of nitrogens with zero attached hydrogens (tertiary/aromatic N) is 2. The van der Waals surface area contributed by atoms with Crippen LogP contribution in [0.3, 0.4) is 0 Å². The van der Waals surface area contributed by atoms with Gasteiger partial charge in [-0.2, -0.15) is 0 Å². The van der Waals surface area contributed by atoms with Crippen molar-refractivity contribution in [3.05, 3.63) is 35.4 Å². The molecule has 1 aromatic rings. The highest BCUT2D eigenvalue weighted by molar-refractivity contribution is 6.21. The molecular formula is C16H19N3O3. The van der Waals surface area contributed by atoms with Crippen LogP contribution in [-0.2, 0) is 4.79 Å². The van der Waals surface area contributed by atoms with Gasteiger partial charge in [-0.3, -0.25) is 24.2 Å². The first-order chi connectivity index (χ1) is 10.6. The number of carbonyl (C=O) groups excluding carboxylic acids is 3. The average Bonchev–Trinajstić information content (AvgIpc) is 3.26. The average molecular weight is 301 g/mol. The van der Waals surface area contributed by atoms with Gasteiger partial charge in [-0.25, -0.2) is 0 Å². The van der Waals surface area contributed by atoms with Gasteiger partial charge in [-0.15, -0.1) is 0 Å². The fourth-order valence-electron chi connectivity index (χ4n) is 2.54. The first-order valence-electron chi connectivity index (χ1n) is 7.49. The van der Waals surface area contributed by atoms with Crippen LogP contribution in [0.1, 0.15) is 33.6 Å². The molecule has 1 aromatic carbocycles. The Morgan fingerprint density at radius 3 is 2.36 bits per heavy atom. The molecule has 6 heteroatoms. The maximum Gasteiger partial charge on any atom is 0.261 e. The molecule has 1 N–H and O–H groups in total. The zero-order chi connectivity index (χ0) is 15.7. The summed E-state index contributed by atoms with van der Waals surface area (Å²) in [5, 5.41) is 2.92. The third-order valence-electron chi connectivity index (χ3n) is 3.94. The number of imide groups is 1. The third-order valence-corrected chi connectivity index (χ3v) is 3.94. The Hall–Kier alpha value is -2.21. The van der Waals surface area contributed by atoms with E-state index in [4.69, 9.17) is 0 Å². The van der Waals surface area contributed by atoms with E-state index in [1.54, 1.807) is 24.3 Å². The van der Waals surface area contributed by atoms with Crippen LogP contribution in [0.25, 0.3) is 0 Å². The van der Waals surface area contributed by atoms with Crippen molar-refractivity contribution in [2.75, 3.05) is 26.7 Å². The molecule has 3 amide bonds. The van der Waals surface area contributed by atoms with E-state index in [0.29, 0.717) is 30.3 Å². The van der Waals surface area contributed by atoms with E-state index in [1.165, 1.54) is 4.90 Å². The number of amides is 3. The van der Waals surface area contributed by atoms with Gasteiger partial charge in [-0.1, -0.05) is 12.1 Å². The Labute approximate surface area is 129 Å². The van der Waals surface area contributed by atoms with E-state index < -0.39 is 0 Å². The fraction of sp³-hybridized carbons (Fsp3) is 0.438. The molecule has 0 aromatic heterocycles. The largest absolute Gasteiger partial charge is 0.352 e. The van der Waals surface area contributed by atoms with Crippen molar-refractivity contribution in [2.24, 2.45) is 0 Å². The molecule has 0 spiro atoms. The van der Waals surface area contributed by atoms with E-state index in [0.717, 1.165) is 12.8 Å². The van der Waals surface area contributed by atoms with Crippen molar-refractivity contribution in [3.8, 4) is 0 Å². The van der Waals surface area contributed by atoms with Gasteiger partial charge in [-0.05, 0) is 32.0 Å². The topological polar surface area (TPSA) is 69.7 Å². The molecule has 0 saturated heterocycles. The van der Waals surface area contributed by atoms with Crippen LogP contribution < -0.4 is 5.32 Å². The second kappa shape index (κ2) is 5.88. The summed E-state index contributed by atoms with van der Waals surface area (Å²) >= 11 is 0. The van der Waals surface area contributed by atoms with Crippen LogP contribution in [-0.4, -0.2) is 60.2 Å². The monoisotopic (exact) mass is 301 g/mol. The van der Waals surface area contributed by atoms with Gasteiger partial charge in [0.1, 0.15) is 0 Å². The van der Waals surface area contributed by atoms with Gasteiger partial charge < -0.3 is 5.32 Å². The van der Waals surface area contributed by atoms with Gasteiger partial charge in [0, 0.05) is 19.1 Å². The molecular weight excluding hydrogens is 282 g/mol. The Bertz CT molecular complexity index is 590. The van der Waals surface area contributed by atoms with E-state index in [1.807, 2.05) is 11.9 Å². The lowest BCUT2D eigenvalue weighted by Gasteiger charge is -2.20. The standard InChI is InChI=1S/C16H19N3O3/c1-18(10-14(20)17-11-6-7-11)8-9-19-15(21)12-4-2-3-5-13(12)16(19)22/h2-5,11H,6-10H2,1H3,(H,17,20). The highest BCUT2D eigenvalue weighted by Gasteiger charge is 2.34. The Morgan fingerprint density at radius 2 is 1.82 bits per heavy atom. The highest BCUT2D eigenvalue weighted by atomic mass is 16.2. The van der Waals surface area contributed by atoms with Crippen molar-refractivity contribution in [2.45, 2.75) is 18.9 Å². The van der Waals surface area contributed by atoms with Crippen LogP contribution in [0.15, 0.2) is 24.3 Å². The Kier molecular flexibility index (Phi) is 3.94. The first-order valence-corrected chi connectivity index (χ1v) is 7.49. The van der Waals surface area contributed by atoms with Crippen molar-refractivity contribution in [1.82, 2.24) is 15.1 Å². The van der Waals surface area contributed by atoms with Crippen molar-refractivity contribution in [3.63, 3.8) is 0 Å². The van der Waals surface area contributed by atoms with Gasteiger partial charge in [0.15, 0.2) is 0 Å². The fourth-order valence-corrected chi connectivity index (χ4v) is 2.54. The SMILES string of the molecule is CN(CCN1C(=O)c2ccccc2C1=O)CC(=O)NC1CC1. The summed E-state index contributed by atoms with van der Waals surface area (Å²) in [6.45, 7) is 1.04. The molecule has 3 rings (SSSR count). The first kappa shape index (κ1) is 14.7. The third kappa shape index (κ3) is 3.01. The molecule has 1 fully saturated rings. The minimum absolute atomic E-state index is 0.00707. The second-order valence-corrected chi connectivity index (χ2v) is 5.89. The normalized spacial score (nSPS) is 17.1. The van der Waals surface area contributed by atoms with Crippen molar-refractivity contribution >= 4 is 17.7 Å². The molecule has 6 nitrogen and oxygen atoms in total. The van der Waals surface area contributed by atoms with E-state index in [-0.39, 0.29) is 24.3 Å². The molecule has 2 aliphatic rings. The molecule has 0 radical (unpaired) electrons. The van der Waals surface area contributed by atoms with Gasteiger partial charge >= 0.3 is 0 Å². The summed E-state index contributed by atoms with van der Waals surface area (Å²) in [5.74, 6) is -0.514. The van der Waals surface area contributed by atoms with Crippen molar-refractivity contribution < 1.29 is 14.4 Å². The minimum Gasteiger partial charge on any atom is -0.352 e. The lowest BCUT2D eigenvalue weighted by molar-refractivity contribution is -0.122. The second-order valence-electron chi connectivity index (χ2n) is 5.89. The van der Waals surface area contributed by atoms with E-state index in [2.05, 4.69) is 5.32 Å². The number of hydrogen-bond acceptors (Lipinski definition) is 4. The van der Waals surface area contributed by atoms with Gasteiger partial charge in [0.05, 0.1) is 17.7 Å². The minimum atomic E-state index is -0.253. The van der Waals surface area contributed by atoms with Gasteiger partial charge in [0.25, 0.3) is 11.8 Å². The zero-order valence-electron chi connectivity index (χ0n) is 12.5. The molecule has 1 aliphatic carbocycles. The number of fused-ring (bicyclic) bond motifs is 1. The molecule has 1 saturated carbocycles. The van der Waals surface area contributed by atoms with E-state index in [9.17, 15) is 14.4 Å². The summed E-state index contributed by atoms with van der Waals surface area (Å²) in [6, 6.07) is 7.19. The van der Waals surface area contributed by atoms with Crippen LogP contribution in [0.4, 0.5) is 0 Å². The number of nitrogens with one attached hydrogen (secondary N) is 1. The Balaban J connectivity index is 1.52. The summed E-state index contributed by atoms with van der Waals surface area (Å²) in [7, 11) is 1.81. The molecule has 1 aliphatic heterocycles. The highest BCUT2D eigenvalue weighted by Crippen LogP contribution is 2.22. The summed E-state index contributed by atoms with van der Waals surface area (Å²) in [4.78, 5) is 39.2. The van der Waals surface area contributed by atoms with Crippen LogP contribution >= 0.6 is 0 Å². The van der Waals surface area contributed by atoms with Crippen molar-refractivity contribution in [1.29, 1.82) is 0 Å². The molecule has 1 heterocycles. The van der Waals surface area contributed by atoms with Crippen LogP contribution in [0, 0.1) is 0 Å². The number of benzene rings is 1. The van der Waals surface area contributed by atoms with Crippen LogP contribution in [0.2, 0.25) is 0 Å².